The van der Waals surface area contributed by atoms with Crippen LogP contribution in [0.4, 0.5) is 22.7 Å². The lowest BCUT2D eigenvalue weighted by atomic mass is 9.88. The van der Waals surface area contributed by atoms with E-state index in [0.29, 0.717) is 24.6 Å². The monoisotopic (exact) mass is 1010 g/mol. The van der Waals surface area contributed by atoms with Crippen LogP contribution in [-0.4, -0.2) is 107 Å². The number of piperidine rings is 1. The number of benzene rings is 2. The molecule has 0 aliphatic carbocycles. The predicted molar refractivity (Wildman–Crippen MR) is 291 cm³/mol. The number of nitrogens with one attached hydrogen (secondary N) is 2. The van der Waals surface area contributed by atoms with E-state index in [1.54, 1.807) is 34.0 Å². The van der Waals surface area contributed by atoms with E-state index in [1.165, 1.54) is 55.8 Å². The summed E-state index contributed by atoms with van der Waals surface area (Å²) in [5.74, 6) is 0.521. The van der Waals surface area contributed by atoms with Crippen molar-refractivity contribution in [3.05, 3.63) is 99.9 Å². The summed E-state index contributed by atoms with van der Waals surface area (Å²) in [6, 6.07) is 22.4. The van der Waals surface area contributed by atoms with E-state index in [1.807, 2.05) is 34.8 Å². The molecule has 12 rings (SSSR count). The highest BCUT2D eigenvalue weighted by molar-refractivity contribution is 7.20. The number of rotatable bonds is 14. The number of hydrogen-bond donors (Lipinski definition) is 2. The van der Waals surface area contributed by atoms with Crippen molar-refractivity contribution in [3.63, 3.8) is 0 Å². The quantitative estimate of drug-likeness (QED) is 0.108. The summed E-state index contributed by atoms with van der Waals surface area (Å²) in [4.78, 5) is 28.3. The van der Waals surface area contributed by atoms with Crippen LogP contribution in [0.3, 0.4) is 0 Å². The molecule has 2 aromatic carbocycles. The molecule has 8 aromatic rings. The molecule has 70 heavy (non-hydrogen) atoms. The minimum absolute atomic E-state index is 0.00420. The van der Waals surface area contributed by atoms with E-state index in [9.17, 15) is 0 Å². The smallest absolute Gasteiger partial charge is 0.157 e. The fourth-order valence-corrected chi connectivity index (χ4v) is 14.1. The van der Waals surface area contributed by atoms with E-state index >= 15 is 0 Å². The van der Waals surface area contributed by atoms with Gasteiger partial charge in [0.15, 0.2) is 12.6 Å². The van der Waals surface area contributed by atoms with Gasteiger partial charge >= 0.3 is 0 Å². The van der Waals surface area contributed by atoms with Crippen molar-refractivity contribution in [2.75, 3.05) is 63.2 Å². The molecule has 16 heteroatoms. The number of aromatic nitrogens is 4. The first-order valence-electron chi connectivity index (χ1n) is 25.1. The molecule has 0 radical (unpaired) electrons. The van der Waals surface area contributed by atoms with E-state index in [0.717, 1.165) is 127 Å². The van der Waals surface area contributed by atoms with Crippen LogP contribution in [0.5, 0.6) is 0 Å². The molecule has 4 aliphatic heterocycles. The number of ether oxygens (including phenoxy) is 4. The Bertz CT molecular complexity index is 3030. The number of nitrogens with zero attached hydrogens (tertiary/aromatic N) is 6. The van der Waals surface area contributed by atoms with Crippen molar-refractivity contribution >= 4 is 115 Å². The maximum Gasteiger partial charge on any atom is 0.157 e. The fourth-order valence-electron chi connectivity index (χ4n) is 10.4. The first kappa shape index (κ1) is 47.8. The van der Waals surface area contributed by atoms with Crippen molar-refractivity contribution in [1.29, 1.82) is 0 Å². The second-order valence-electron chi connectivity index (χ2n) is 18.8. The number of pyridine rings is 2. The lowest BCUT2D eigenvalue weighted by Crippen LogP contribution is -2.44. The lowest BCUT2D eigenvalue weighted by molar-refractivity contribution is -0.165. The highest BCUT2D eigenvalue weighted by atomic mass is 32.1. The molecule has 366 valence electrons. The Kier molecular flexibility index (Phi) is 15.4. The number of hydrogen-bond acceptors (Lipinski definition) is 16. The molecule has 5 atom stereocenters. The Hall–Kier alpha value is -4.46. The van der Waals surface area contributed by atoms with E-state index in [4.69, 9.17) is 23.9 Å². The van der Waals surface area contributed by atoms with Crippen molar-refractivity contribution in [2.45, 2.75) is 102 Å². The zero-order valence-electron chi connectivity index (χ0n) is 40.0. The van der Waals surface area contributed by atoms with Crippen molar-refractivity contribution in [1.82, 2.24) is 29.7 Å². The van der Waals surface area contributed by atoms with Crippen molar-refractivity contribution in [3.8, 4) is 0 Å². The minimum Gasteiger partial charge on any atom is -0.355 e. The average molecular weight is 1020 g/mol. The summed E-state index contributed by atoms with van der Waals surface area (Å²) < 4.78 is 25.9. The summed E-state index contributed by atoms with van der Waals surface area (Å²) in [7, 11) is 0. The molecule has 2 N–H and O–H groups in total. The molecule has 0 saturated carbocycles. The van der Waals surface area contributed by atoms with E-state index in [-0.39, 0.29) is 12.6 Å². The molecule has 6 aromatic heterocycles. The van der Waals surface area contributed by atoms with Crippen LogP contribution in [0.2, 0.25) is 0 Å². The van der Waals surface area contributed by atoms with Crippen LogP contribution in [0.25, 0.3) is 46.4 Å². The van der Waals surface area contributed by atoms with Gasteiger partial charge in [0.25, 0.3) is 0 Å². The van der Waals surface area contributed by atoms with Gasteiger partial charge in [-0.3, -0.25) is 9.80 Å². The van der Waals surface area contributed by atoms with Gasteiger partial charge in [0.1, 0.15) is 9.66 Å². The second kappa shape index (κ2) is 22.5. The van der Waals surface area contributed by atoms with Gasteiger partial charge in [-0.05, 0) is 144 Å². The zero-order chi connectivity index (χ0) is 47.2. The maximum absolute atomic E-state index is 6.03. The van der Waals surface area contributed by atoms with Gasteiger partial charge in [-0.15, -0.1) is 45.3 Å². The molecule has 0 amide bonds. The number of thiazole rings is 2. The van der Waals surface area contributed by atoms with E-state index < -0.39 is 0 Å². The molecule has 5 unspecified atom stereocenters. The van der Waals surface area contributed by atoms with Crippen LogP contribution < -0.4 is 10.6 Å². The van der Waals surface area contributed by atoms with Gasteiger partial charge in [-0.1, -0.05) is 6.08 Å². The van der Waals surface area contributed by atoms with E-state index in [2.05, 4.69) is 116 Å². The topological polar surface area (TPSA) is 119 Å². The third-order valence-corrected chi connectivity index (χ3v) is 18.2. The Morgan fingerprint density at radius 2 is 1.26 bits per heavy atom. The van der Waals surface area contributed by atoms with Crippen molar-refractivity contribution < 1.29 is 18.9 Å². The van der Waals surface area contributed by atoms with Crippen LogP contribution in [0, 0.1) is 0 Å². The summed E-state index contributed by atoms with van der Waals surface area (Å²) in [6.07, 6.45) is 16.4. The number of thiophene rings is 2. The van der Waals surface area contributed by atoms with Crippen LogP contribution in [-0.2, 0) is 18.9 Å². The average Bonchev–Trinajstić information content (AvgIpc) is 4.23. The third-order valence-electron chi connectivity index (χ3n) is 14.3. The lowest BCUT2D eigenvalue weighted by Gasteiger charge is -2.39. The summed E-state index contributed by atoms with van der Waals surface area (Å²) >= 11 is 6.96. The normalized spacial score (nSPS) is 22.6. The maximum atomic E-state index is 6.03. The summed E-state index contributed by atoms with van der Waals surface area (Å²) in [5.41, 5.74) is 11.5. The highest BCUT2D eigenvalue weighted by Crippen LogP contribution is 2.42. The van der Waals surface area contributed by atoms with Crippen LogP contribution in [0.15, 0.2) is 90.2 Å². The molecule has 4 aliphatic rings. The predicted octanol–water partition coefficient (Wildman–Crippen LogP) is 13.4. The first-order chi connectivity index (χ1) is 34.5. The molecule has 3 fully saturated rings. The van der Waals surface area contributed by atoms with Gasteiger partial charge in [-0.25, -0.2) is 19.9 Å². The van der Waals surface area contributed by atoms with Crippen LogP contribution in [0.1, 0.15) is 87.3 Å². The summed E-state index contributed by atoms with van der Waals surface area (Å²) in [5, 5.41) is 9.58. The SMILES string of the molecule is CC1C(c2cc3c(Nc4ccc5scnc5c4)ccnc3s2)=CCCN1CCOC1CCCCO1.CC1C(c2cc3c(Nc4ccc5scnc5c4)ccnc3s2)CCCN1CCOC1CCCCO1. The van der Waals surface area contributed by atoms with Gasteiger partial charge in [0.05, 0.1) is 56.0 Å². The second-order valence-corrected chi connectivity index (χ2v) is 22.6. The molecule has 10 heterocycles. The molecule has 0 spiro atoms. The first-order valence-corrected chi connectivity index (χ1v) is 28.5. The number of likely N-dealkylation sites (tertiary alicyclic amines) is 1. The van der Waals surface area contributed by atoms with Crippen LogP contribution >= 0.6 is 45.3 Å². The fraction of sp³-hybridized carbons (Fsp3) is 0.444. The van der Waals surface area contributed by atoms with Gasteiger partial charge < -0.3 is 29.6 Å². The van der Waals surface area contributed by atoms with Gasteiger partial charge in [0.2, 0.25) is 0 Å². The third kappa shape index (κ3) is 11.1. The molecular weight excluding hydrogens is 953 g/mol. The molecule has 12 nitrogen and oxygen atoms in total. The zero-order valence-corrected chi connectivity index (χ0v) is 43.3. The number of fused-ring (bicyclic) bond motifs is 4. The molecule has 3 saturated heterocycles. The van der Waals surface area contributed by atoms with Gasteiger partial charge in [0, 0.05) is 95.1 Å². The largest absolute Gasteiger partial charge is 0.355 e. The molecular formula is C54H62N8O4S4. The highest BCUT2D eigenvalue weighted by Gasteiger charge is 2.31. The number of anilines is 4. The Labute approximate surface area is 426 Å². The van der Waals surface area contributed by atoms with Gasteiger partial charge in [-0.2, -0.15) is 0 Å². The standard InChI is InChI=1S/C27H32N4O2S2.C27H30N4O2S2/c2*1-18-20(5-4-11-31(18)12-14-33-26-6-2-3-13-32-26)25-16-21-22(9-10-28-27(21)35-25)30-19-7-8-24-23(15-19)29-17-34-24/h7-10,15-18,20,26H,2-6,11-14H2,1H3,(H,28,30);5,7-10,15-18,26H,2-4,6,11-14H2,1H3,(H,28,30). The minimum atomic E-state index is -0.0188. The van der Waals surface area contributed by atoms with Crippen molar-refractivity contribution in [2.24, 2.45) is 0 Å². The Morgan fingerprint density at radius 1 is 0.643 bits per heavy atom. The summed E-state index contributed by atoms with van der Waals surface area (Å²) in [6.45, 7) is 11.9. The Morgan fingerprint density at radius 3 is 1.89 bits per heavy atom. The Balaban J connectivity index is 0.000000152. The molecule has 0 bridgehead atoms.